The summed E-state index contributed by atoms with van der Waals surface area (Å²) < 4.78 is 0. The van der Waals surface area contributed by atoms with Crippen LogP contribution in [-0.4, -0.2) is 23.5 Å². The molecule has 2 aliphatic rings. The molecule has 2 aromatic rings. The van der Waals surface area contributed by atoms with Crippen molar-refractivity contribution >= 4 is 17.5 Å². The van der Waals surface area contributed by atoms with Crippen molar-refractivity contribution in [3.63, 3.8) is 0 Å². The van der Waals surface area contributed by atoms with E-state index in [1.54, 1.807) is 0 Å². The van der Waals surface area contributed by atoms with Crippen molar-refractivity contribution in [3.05, 3.63) is 66.2 Å². The minimum Gasteiger partial charge on any atom is -0.285 e. The molecule has 0 unspecified atom stereocenters. The van der Waals surface area contributed by atoms with Gasteiger partial charge in [0.2, 0.25) is 0 Å². The number of rotatable bonds is 2. The largest absolute Gasteiger partial charge is 0.285 e. The number of hydrogen-bond donors (Lipinski definition) is 1. The minimum atomic E-state index is 0.606. The number of fused-ring (bicyclic) bond motifs is 1. The topological polar surface area (TPSA) is 43.2 Å². The van der Waals surface area contributed by atoms with Crippen molar-refractivity contribution in [2.45, 2.75) is 0 Å². The van der Waals surface area contributed by atoms with Gasteiger partial charge < -0.3 is 0 Å². The molecule has 0 radical (unpaired) electrons. The maximum Gasteiger partial charge on any atom is 0.251 e. The summed E-state index contributed by atoms with van der Waals surface area (Å²) in [5.41, 5.74) is 5.09. The Morgan fingerprint density at radius 2 is 1.60 bits per heavy atom. The highest BCUT2D eigenvalue weighted by Gasteiger charge is 2.35. The van der Waals surface area contributed by atoms with E-state index in [2.05, 4.69) is 44.8 Å². The van der Waals surface area contributed by atoms with E-state index in [1.807, 2.05) is 41.4 Å². The molecule has 2 aliphatic heterocycles. The summed E-state index contributed by atoms with van der Waals surface area (Å²) >= 11 is 0. The third-order valence-electron chi connectivity index (χ3n) is 3.30. The van der Waals surface area contributed by atoms with Crippen LogP contribution in [0.4, 0.5) is 5.69 Å². The Balaban J connectivity index is 1.83. The van der Waals surface area contributed by atoms with Gasteiger partial charge in [-0.2, -0.15) is 0 Å². The van der Waals surface area contributed by atoms with E-state index >= 15 is 0 Å². The van der Waals surface area contributed by atoms with Crippen LogP contribution < -0.4 is 10.3 Å². The number of para-hydroxylation sites is 1. The maximum absolute atomic E-state index is 4.66. The van der Waals surface area contributed by atoms with Crippen molar-refractivity contribution in [2.24, 2.45) is 10.2 Å². The first-order valence-electron chi connectivity index (χ1n) is 6.51. The second-order valence-corrected chi connectivity index (χ2v) is 4.59. The first-order chi connectivity index (χ1) is 9.93. The summed E-state index contributed by atoms with van der Waals surface area (Å²) in [4.78, 5) is 2.06. The highest BCUT2D eigenvalue weighted by atomic mass is 15.7. The first kappa shape index (κ1) is 11.0. The van der Waals surface area contributed by atoms with E-state index in [-0.39, 0.29) is 0 Å². The van der Waals surface area contributed by atoms with Gasteiger partial charge in [0.15, 0.2) is 5.84 Å². The minimum absolute atomic E-state index is 0.606. The third kappa shape index (κ3) is 1.64. The molecule has 0 amide bonds. The number of nitrogens with one attached hydrogen (secondary N) is 1. The summed E-state index contributed by atoms with van der Waals surface area (Å²) in [6.07, 6.45) is 0. The van der Waals surface area contributed by atoms with Gasteiger partial charge in [-0.15, -0.1) is 10.2 Å². The lowest BCUT2D eigenvalue weighted by Crippen LogP contribution is -2.35. The molecule has 0 saturated heterocycles. The normalized spacial score (nSPS) is 16.6. The van der Waals surface area contributed by atoms with Gasteiger partial charge in [-0.3, -0.25) is 10.3 Å². The molecule has 0 aromatic heterocycles. The summed E-state index contributed by atoms with van der Waals surface area (Å²) in [7, 11) is 0. The molecule has 1 N–H and O–H groups in total. The molecule has 5 heteroatoms. The number of nitrogens with zero attached hydrogens (tertiary/aromatic N) is 4. The second kappa shape index (κ2) is 4.38. The van der Waals surface area contributed by atoms with E-state index < -0.39 is 0 Å². The SMILES string of the molecule is c1ccc(C2=NN3CNN=C3N2c2ccccc2)cc1. The van der Waals surface area contributed by atoms with Crippen molar-refractivity contribution < 1.29 is 0 Å². The van der Waals surface area contributed by atoms with Gasteiger partial charge in [-0.25, -0.2) is 5.01 Å². The van der Waals surface area contributed by atoms with Crippen LogP contribution in [0.25, 0.3) is 0 Å². The standard InChI is InChI=1S/C15H13N5/c1-3-7-12(8-4-1)14-18-19-11-16-17-15(19)20(14)13-9-5-2-6-10-13/h1-10,16H,11H2. The molecule has 20 heavy (non-hydrogen) atoms. The van der Waals surface area contributed by atoms with E-state index in [9.17, 15) is 0 Å². The second-order valence-electron chi connectivity index (χ2n) is 4.59. The predicted molar refractivity (Wildman–Crippen MR) is 79.2 cm³/mol. The number of amidine groups is 1. The number of benzene rings is 2. The first-order valence-corrected chi connectivity index (χ1v) is 6.51. The molecule has 5 nitrogen and oxygen atoms in total. The van der Waals surface area contributed by atoms with Crippen LogP contribution in [0.2, 0.25) is 0 Å². The molecule has 4 rings (SSSR count). The van der Waals surface area contributed by atoms with Gasteiger partial charge in [-0.05, 0) is 12.1 Å². The molecule has 2 aromatic carbocycles. The molecule has 0 aliphatic carbocycles. The van der Waals surface area contributed by atoms with Gasteiger partial charge in [0.05, 0.1) is 5.69 Å². The zero-order valence-corrected chi connectivity index (χ0v) is 10.8. The summed E-state index contributed by atoms with van der Waals surface area (Å²) in [6.45, 7) is 0.606. The summed E-state index contributed by atoms with van der Waals surface area (Å²) in [5, 5.41) is 10.9. The lowest BCUT2D eigenvalue weighted by molar-refractivity contribution is 0.458. The van der Waals surface area contributed by atoms with Crippen LogP contribution in [0.5, 0.6) is 0 Å². The lowest BCUT2D eigenvalue weighted by atomic mass is 10.2. The molecule has 0 bridgehead atoms. The highest BCUT2D eigenvalue weighted by Crippen LogP contribution is 2.25. The van der Waals surface area contributed by atoms with Gasteiger partial charge in [-0.1, -0.05) is 48.5 Å². The fourth-order valence-corrected chi connectivity index (χ4v) is 2.39. The molecule has 0 saturated carbocycles. The van der Waals surface area contributed by atoms with Crippen LogP contribution in [0.3, 0.4) is 0 Å². The van der Waals surface area contributed by atoms with Crippen molar-refractivity contribution in [2.75, 3.05) is 11.6 Å². The molecule has 2 heterocycles. The summed E-state index contributed by atoms with van der Waals surface area (Å²) in [5.74, 6) is 1.71. The van der Waals surface area contributed by atoms with Gasteiger partial charge in [0, 0.05) is 5.56 Å². The Bertz CT molecular complexity index is 678. The Morgan fingerprint density at radius 3 is 2.35 bits per heavy atom. The summed E-state index contributed by atoms with van der Waals surface area (Å²) in [6, 6.07) is 20.3. The van der Waals surface area contributed by atoms with Gasteiger partial charge >= 0.3 is 0 Å². The monoisotopic (exact) mass is 263 g/mol. The highest BCUT2D eigenvalue weighted by molar-refractivity contribution is 6.27. The maximum atomic E-state index is 4.66. The van der Waals surface area contributed by atoms with Crippen molar-refractivity contribution in [1.29, 1.82) is 0 Å². The zero-order valence-electron chi connectivity index (χ0n) is 10.8. The number of hydrazone groups is 2. The van der Waals surface area contributed by atoms with Gasteiger partial charge in [0.1, 0.15) is 6.67 Å². The quantitative estimate of drug-likeness (QED) is 0.901. The third-order valence-corrected chi connectivity index (χ3v) is 3.30. The fourth-order valence-electron chi connectivity index (χ4n) is 2.39. The molecule has 0 atom stereocenters. The van der Waals surface area contributed by atoms with Crippen LogP contribution >= 0.6 is 0 Å². The van der Waals surface area contributed by atoms with E-state index in [4.69, 9.17) is 0 Å². The van der Waals surface area contributed by atoms with Crippen molar-refractivity contribution in [3.8, 4) is 0 Å². The Labute approximate surface area is 116 Å². The fraction of sp³-hybridized carbons (Fsp3) is 0.0667. The molecular formula is C15H13N5. The Kier molecular flexibility index (Phi) is 2.42. The van der Waals surface area contributed by atoms with E-state index in [1.165, 1.54) is 0 Å². The smallest absolute Gasteiger partial charge is 0.251 e. The Morgan fingerprint density at radius 1 is 0.900 bits per heavy atom. The van der Waals surface area contributed by atoms with Gasteiger partial charge in [0.25, 0.3) is 5.96 Å². The van der Waals surface area contributed by atoms with Crippen LogP contribution in [0.15, 0.2) is 70.9 Å². The average Bonchev–Trinajstić information content (AvgIpc) is 3.09. The molecule has 0 fully saturated rings. The number of hydrogen-bond acceptors (Lipinski definition) is 5. The molecule has 0 spiro atoms. The van der Waals surface area contributed by atoms with E-state index in [0.29, 0.717) is 6.67 Å². The Hall–Kier alpha value is -2.82. The van der Waals surface area contributed by atoms with Crippen LogP contribution in [-0.2, 0) is 0 Å². The number of anilines is 1. The zero-order chi connectivity index (χ0) is 13.4. The molecule has 98 valence electrons. The lowest BCUT2D eigenvalue weighted by Gasteiger charge is -2.19. The molecular weight excluding hydrogens is 250 g/mol. The van der Waals surface area contributed by atoms with E-state index in [0.717, 1.165) is 23.0 Å². The van der Waals surface area contributed by atoms with Crippen LogP contribution in [0, 0.1) is 0 Å². The predicted octanol–water partition coefficient (Wildman–Crippen LogP) is 2.00. The average molecular weight is 263 g/mol. The number of guanidine groups is 1. The van der Waals surface area contributed by atoms with Crippen molar-refractivity contribution in [1.82, 2.24) is 10.4 Å². The van der Waals surface area contributed by atoms with Crippen LogP contribution in [0.1, 0.15) is 5.56 Å².